The number of fused-ring (bicyclic) bond motifs is 3. The first-order valence-corrected chi connectivity index (χ1v) is 17.8. The van der Waals surface area contributed by atoms with E-state index in [-0.39, 0.29) is 59.1 Å². The number of carbonyl (C=O) groups is 3. The fourth-order valence-electron chi connectivity index (χ4n) is 8.25. The SMILES string of the molecule is [2H]C([2H])=C1CC2CCC1C(C(=O)N1CCC3(CC1)CN(c1ncncc1Oc1ccc(F)cc1C(=O)N(C(C)C)C(C)C)C3)N2C(=O)OC(C)(C)C. The molecule has 0 radical (unpaired) electrons. The van der Waals surface area contributed by atoms with Crippen molar-refractivity contribution in [3.05, 3.63) is 54.2 Å². The molecule has 3 amide bonds. The minimum Gasteiger partial charge on any atom is -0.451 e. The molecule has 5 fully saturated rings. The average Bonchev–Trinajstić information content (AvgIpc) is 3.06. The number of benzene rings is 1. The van der Waals surface area contributed by atoms with Gasteiger partial charge in [0.05, 0.1) is 14.5 Å². The molecule has 1 aromatic carbocycles. The maximum absolute atomic E-state index is 14.4. The molecule has 7 rings (SSSR count). The van der Waals surface area contributed by atoms with E-state index >= 15 is 0 Å². The molecular weight excluding hydrogens is 639 g/mol. The van der Waals surface area contributed by atoms with Gasteiger partial charge in [0.1, 0.15) is 29.5 Å². The number of nitrogens with zero attached hydrogens (tertiary/aromatic N) is 6. The smallest absolute Gasteiger partial charge is 0.411 e. The van der Waals surface area contributed by atoms with E-state index in [0.717, 1.165) is 12.8 Å². The van der Waals surface area contributed by atoms with Crippen molar-refractivity contribution in [2.75, 3.05) is 31.1 Å². The second kappa shape index (κ2) is 13.5. The Morgan fingerprint density at radius 3 is 2.42 bits per heavy atom. The molecule has 3 unspecified atom stereocenters. The molecule has 2 aromatic rings. The standard InChI is InChI=1S/C38H51FN6O5/c1-23(2)44(24(3)4)34(46)29-18-26(39)9-12-30(29)49-31-19-40-22-41-33(31)43-20-38(21-43)13-15-42(16-14-38)35(47)32-28-11-10-27(17-25(28)5)45(32)36(48)50-37(6,7)8/h9,12,18-19,22-24,27-28,32H,5,10-11,13-17,20-21H2,1-4,6-8H3/i5D2. The van der Waals surface area contributed by atoms with Crippen LogP contribution in [-0.4, -0.2) is 98.5 Å². The van der Waals surface area contributed by atoms with E-state index in [9.17, 15) is 18.8 Å². The minimum atomic E-state index is -0.785. The third-order valence-corrected chi connectivity index (χ3v) is 10.5. The highest BCUT2D eigenvalue weighted by Crippen LogP contribution is 2.47. The summed E-state index contributed by atoms with van der Waals surface area (Å²) in [5.74, 6) is -0.235. The first-order valence-electron chi connectivity index (χ1n) is 18.8. The highest BCUT2D eigenvalue weighted by Gasteiger charge is 2.53. The quantitative estimate of drug-likeness (QED) is 0.305. The van der Waals surface area contributed by atoms with Crippen molar-refractivity contribution in [3.8, 4) is 11.5 Å². The molecule has 1 aromatic heterocycles. The van der Waals surface area contributed by atoms with Gasteiger partial charge in [-0.2, -0.15) is 0 Å². The summed E-state index contributed by atoms with van der Waals surface area (Å²) >= 11 is 0. The molecule has 270 valence electrons. The van der Waals surface area contributed by atoms with Crippen molar-refractivity contribution < 1.29 is 31.0 Å². The molecule has 1 aliphatic carbocycles. The summed E-state index contributed by atoms with van der Waals surface area (Å²) in [6.07, 6.45) is 5.79. The lowest BCUT2D eigenvalue weighted by Gasteiger charge is -2.56. The fourth-order valence-corrected chi connectivity index (χ4v) is 8.25. The van der Waals surface area contributed by atoms with Crippen molar-refractivity contribution in [2.24, 2.45) is 11.3 Å². The van der Waals surface area contributed by atoms with Crippen LogP contribution >= 0.6 is 0 Å². The molecule has 11 nitrogen and oxygen atoms in total. The molecule has 5 aliphatic rings. The van der Waals surface area contributed by atoms with Gasteiger partial charge >= 0.3 is 6.09 Å². The Kier molecular flexibility index (Phi) is 8.89. The first-order chi connectivity index (χ1) is 24.5. The van der Waals surface area contributed by atoms with Gasteiger partial charge < -0.3 is 24.2 Å². The van der Waals surface area contributed by atoms with Crippen molar-refractivity contribution in [2.45, 2.75) is 110 Å². The van der Waals surface area contributed by atoms with Gasteiger partial charge in [-0.1, -0.05) is 12.1 Å². The van der Waals surface area contributed by atoms with Crippen molar-refractivity contribution in [1.29, 1.82) is 0 Å². The molecular formula is C38H51FN6O5. The Hall–Kier alpha value is -4.22. The van der Waals surface area contributed by atoms with Gasteiger partial charge in [0.15, 0.2) is 11.6 Å². The van der Waals surface area contributed by atoms with Gasteiger partial charge in [0.25, 0.3) is 5.91 Å². The number of carbonyl (C=O) groups excluding carboxylic acids is 3. The summed E-state index contributed by atoms with van der Waals surface area (Å²) in [6.45, 7) is 15.2. The van der Waals surface area contributed by atoms with Gasteiger partial charge in [0, 0.05) is 55.6 Å². The maximum Gasteiger partial charge on any atom is 0.411 e. The molecule has 50 heavy (non-hydrogen) atoms. The number of likely N-dealkylation sites (tertiary alicyclic amines) is 1. The Morgan fingerprint density at radius 2 is 1.78 bits per heavy atom. The summed E-state index contributed by atoms with van der Waals surface area (Å²) in [6, 6.07) is 2.66. The number of piperidine rings is 3. The summed E-state index contributed by atoms with van der Waals surface area (Å²) in [7, 11) is 0. The van der Waals surface area contributed by atoms with Gasteiger partial charge in [0.2, 0.25) is 5.91 Å². The molecule has 0 N–H and O–H groups in total. The number of halogens is 1. The van der Waals surface area contributed by atoms with Gasteiger partial charge in [-0.25, -0.2) is 19.2 Å². The zero-order valence-corrected chi connectivity index (χ0v) is 30.2. The minimum absolute atomic E-state index is 0.0535. The van der Waals surface area contributed by atoms with E-state index in [2.05, 4.69) is 14.9 Å². The largest absolute Gasteiger partial charge is 0.451 e. The Morgan fingerprint density at radius 1 is 1.08 bits per heavy atom. The third-order valence-electron chi connectivity index (χ3n) is 10.5. The van der Waals surface area contributed by atoms with E-state index in [4.69, 9.17) is 12.2 Å². The highest BCUT2D eigenvalue weighted by molar-refractivity contribution is 5.97. The molecule has 1 saturated carbocycles. The van der Waals surface area contributed by atoms with Crippen LogP contribution in [0.25, 0.3) is 0 Å². The monoisotopic (exact) mass is 692 g/mol. The Bertz CT molecular complexity index is 1720. The number of amides is 3. The molecule has 4 saturated heterocycles. The summed E-state index contributed by atoms with van der Waals surface area (Å²) in [4.78, 5) is 57.3. The molecule has 1 spiro atoms. The van der Waals surface area contributed by atoms with Crippen LogP contribution in [0.5, 0.6) is 11.5 Å². The van der Waals surface area contributed by atoms with E-state index in [1.807, 2.05) is 32.6 Å². The molecule has 4 aliphatic heterocycles. The van der Waals surface area contributed by atoms with Crippen LogP contribution in [0.3, 0.4) is 0 Å². The van der Waals surface area contributed by atoms with Crippen LogP contribution in [0.4, 0.5) is 15.0 Å². The van der Waals surface area contributed by atoms with E-state index in [1.165, 1.54) is 24.5 Å². The first kappa shape index (κ1) is 33.0. The summed E-state index contributed by atoms with van der Waals surface area (Å²) < 4.78 is 42.7. The third kappa shape index (κ3) is 6.90. The van der Waals surface area contributed by atoms with Gasteiger partial charge in [-0.15, -0.1) is 0 Å². The van der Waals surface area contributed by atoms with Crippen LogP contribution in [0, 0.1) is 17.2 Å². The second-order valence-electron chi connectivity index (χ2n) is 15.9. The van der Waals surface area contributed by atoms with E-state index in [1.54, 1.807) is 36.8 Å². The Balaban J connectivity index is 1.14. The predicted molar refractivity (Wildman–Crippen MR) is 188 cm³/mol. The highest BCUT2D eigenvalue weighted by atomic mass is 19.1. The lowest BCUT2D eigenvalue weighted by molar-refractivity contribution is -0.146. The number of hydrogen-bond donors (Lipinski definition) is 0. The summed E-state index contributed by atoms with van der Waals surface area (Å²) in [5.41, 5.74) is -0.00780. The van der Waals surface area contributed by atoms with Crippen LogP contribution in [0.2, 0.25) is 0 Å². The molecule has 12 heteroatoms. The topological polar surface area (TPSA) is 108 Å². The van der Waals surface area contributed by atoms with E-state index < -0.39 is 23.6 Å². The van der Waals surface area contributed by atoms with Gasteiger partial charge in [-0.05, 0) is 98.8 Å². The fraction of sp³-hybridized carbons (Fsp3) is 0.605. The number of anilines is 1. The normalized spacial score (nSPS) is 23.4. The lowest BCUT2D eigenvalue weighted by atomic mass is 9.70. The average molecular weight is 693 g/mol. The second-order valence-corrected chi connectivity index (χ2v) is 15.9. The van der Waals surface area contributed by atoms with Crippen molar-refractivity contribution >= 4 is 23.7 Å². The Labute approximate surface area is 297 Å². The number of aromatic nitrogens is 2. The lowest BCUT2D eigenvalue weighted by Crippen LogP contribution is -2.66. The molecule has 2 bridgehead atoms. The van der Waals surface area contributed by atoms with Crippen LogP contribution in [0.15, 0.2) is 42.8 Å². The number of hydrogen-bond acceptors (Lipinski definition) is 8. The van der Waals surface area contributed by atoms with E-state index in [0.29, 0.717) is 62.6 Å². The maximum atomic E-state index is 14.4. The van der Waals surface area contributed by atoms with Gasteiger partial charge in [-0.3, -0.25) is 14.5 Å². The van der Waals surface area contributed by atoms with Crippen LogP contribution in [0.1, 0.15) is 93.7 Å². The zero-order chi connectivity index (χ0) is 37.7. The molecule has 3 atom stereocenters. The van der Waals surface area contributed by atoms with Crippen molar-refractivity contribution in [3.63, 3.8) is 0 Å². The summed E-state index contributed by atoms with van der Waals surface area (Å²) in [5, 5.41) is 0. The predicted octanol–water partition coefficient (Wildman–Crippen LogP) is 6.44. The van der Waals surface area contributed by atoms with Crippen LogP contribution in [-0.2, 0) is 9.53 Å². The number of ether oxygens (including phenoxy) is 2. The molecule has 5 heterocycles. The van der Waals surface area contributed by atoms with Crippen molar-refractivity contribution in [1.82, 2.24) is 24.7 Å². The number of rotatable bonds is 7. The van der Waals surface area contributed by atoms with Crippen LogP contribution < -0.4 is 9.64 Å². The zero-order valence-electron chi connectivity index (χ0n) is 32.2.